The first kappa shape index (κ1) is 20.4. The Morgan fingerprint density at radius 3 is 2.62 bits per heavy atom. The summed E-state index contributed by atoms with van der Waals surface area (Å²) in [6.07, 6.45) is 3.65. The normalized spacial score (nSPS) is 16.7. The fourth-order valence-electron chi connectivity index (χ4n) is 3.96. The fraction of sp³-hybridized carbons (Fsp3) is 0.348. The lowest BCUT2D eigenvalue weighted by Gasteiger charge is -2.32. The first-order chi connectivity index (χ1) is 15.4. The third-order valence-electron chi connectivity index (χ3n) is 5.82. The summed E-state index contributed by atoms with van der Waals surface area (Å²) >= 11 is 0. The Kier molecular flexibility index (Phi) is 5.05. The molecule has 0 spiro atoms. The Morgan fingerprint density at radius 2 is 1.88 bits per heavy atom. The van der Waals surface area contributed by atoms with Gasteiger partial charge < -0.3 is 9.64 Å². The van der Waals surface area contributed by atoms with E-state index in [9.17, 15) is 4.39 Å². The van der Waals surface area contributed by atoms with Crippen LogP contribution in [0.4, 0.5) is 10.3 Å². The van der Waals surface area contributed by atoms with Gasteiger partial charge in [0.2, 0.25) is 5.95 Å². The molecule has 4 aromatic rings. The largest absolute Gasteiger partial charge is 0.370 e. The maximum atomic E-state index is 13.8. The number of benzene rings is 1. The molecule has 0 N–H and O–H groups in total. The van der Waals surface area contributed by atoms with Crippen molar-refractivity contribution in [2.75, 3.05) is 24.6 Å². The second-order valence-electron chi connectivity index (χ2n) is 8.15. The van der Waals surface area contributed by atoms with Gasteiger partial charge >= 0.3 is 0 Å². The molecule has 0 amide bonds. The summed E-state index contributed by atoms with van der Waals surface area (Å²) in [5.74, 6) is 0.279. The highest BCUT2D eigenvalue weighted by atomic mass is 19.1. The topological polar surface area (TPSA) is 81.9 Å². The molecule has 0 unspecified atom stereocenters. The number of ether oxygens (including phenoxy) is 1. The van der Waals surface area contributed by atoms with Gasteiger partial charge in [-0.3, -0.25) is 4.68 Å². The van der Waals surface area contributed by atoms with Crippen molar-refractivity contribution >= 4 is 17.1 Å². The molecule has 9 heteroatoms. The van der Waals surface area contributed by atoms with Crippen molar-refractivity contribution in [2.45, 2.75) is 26.9 Å². The number of fused-ring (bicyclic) bond motifs is 1. The lowest BCUT2D eigenvalue weighted by atomic mass is 10.0. The summed E-state index contributed by atoms with van der Waals surface area (Å²) in [5.41, 5.74) is 6.05. The van der Waals surface area contributed by atoms with Crippen molar-refractivity contribution in [3.8, 4) is 11.3 Å². The first-order valence-electron chi connectivity index (χ1n) is 10.5. The summed E-state index contributed by atoms with van der Waals surface area (Å²) in [6.45, 7) is 7.49. The Bertz CT molecular complexity index is 1320. The summed E-state index contributed by atoms with van der Waals surface area (Å²) in [5, 5.41) is 4.26. The van der Waals surface area contributed by atoms with Crippen LogP contribution in [0.25, 0.3) is 22.4 Å². The van der Waals surface area contributed by atoms with Gasteiger partial charge in [-0.05, 0) is 44.5 Å². The van der Waals surface area contributed by atoms with E-state index in [0.29, 0.717) is 42.5 Å². The highest BCUT2D eigenvalue weighted by Crippen LogP contribution is 2.31. The van der Waals surface area contributed by atoms with E-state index in [2.05, 4.69) is 15.0 Å². The minimum atomic E-state index is -0.282. The fourth-order valence-corrected chi connectivity index (χ4v) is 3.96. The van der Waals surface area contributed by atoms with Crippen LogP contribution in [0.2, 0.25) is 0 Å². The van der Waals surface area contributed by atoms with Crippen molar-refractivity contribution in [1.82, 2.24) is 29.7 Å². The van der Waals surface area contributed by atoms with E-state index in [1.54, 1.807) is 10.7 Å². The van der Waals surface area contributed by atoms with E-state index in [-0.39, 0.29) is 11.9 Å². The molecule has 32 heavy (non-hydrogen) atoms. The summed E-state index contributed by atoms with van der Waals surface area (Å²) in [6, 6.07) is 4.69. The quantitative estimate of drug-likeness (QED) is 0.489. The van der Waals surface area contributed by atoms with Gasteiger partial charge in [-0.15, -0.1) is 0 Å². The molecule has 0 aliphatic carbocycles. The van der Waals surface area contributed by atoms with Crippen molar-refractivity contribution in [2.24, 2.45) is 7.05 Å². The average molecular weight is 433 g/mol. The van der Waals surface area contributed by atoms with Crippen LogP contribution in [0.15, 0.2) is 30.6 Å². The number of halogens is 1. The number of aromatic nitrogens is 6. The van der Waals surface area contributed by atoms with E-state index in [1.807, 2.05) is 40.2 Å². The molecule has 1 aliphatic rings. The zero-order valence-electron chi connectivity index (χ0n) is 18.5. The first-order valence-corrected chi connectivity index (χ1v) is 10.5. The molecule has 8 nitrogen and oxygen atoms in total. The monoisotopic (exact) mass is 433 g/mol. The van der Waals surface area contributed by atoms with Gasteiger partial charge in [-0.2, -0.15) is 10.1 Å². The molecule has 1 fully saturated rings. The minimum Gasteiger partial charge on any atom is -0.370 e. The maximum absolute atomic E-state index is 13.8. The van der Waals surface area contributed by atoms with Crippen molar-refractivity contribution in [3.63, 3.8) is 0 Å². The SMILES string of the molecule is Cc1cc(F)ccc1-c1nc(N2CCO[C@H](c3cnn(C)c3)C2)nc2nc(C)c(C)nc12. The van der Waals surface area contributed by atoms with Crippen molar-refractivity contribution in [1.29, 1.82) is 0 Å². The standard InChI is InChI=1S/C23H24FN7O/c1-13-9-17(24)5-6-18(13)20-21-22(27-15(3)14(2)26-21)29-23(28-20)31-7-8-32-19(12-31)16-10-25-30(4)11-16/h5-6,9-11,19H,7-8,12H2,1-4H3/t19-/m0/s1. The van der Waals surface area contributed by atoms with Gasteiger partial charge in [0.15, 0.2) is 5.65 Å². The predicted molar refractivity (Wildman–Crippen MR) is 119 cm³/mol. The van der Waals surface area contributed by atoms with Crippen LogP contribution < -0.4 is 4.90 Å². The van der Waals surface area contributed by atoms with Gasteiger partial charge in [-0.1, -0.05) is 0 Å². The Hall–Kier alpha value is -3.46. The average Bonchev–Trinajstić information content (AvgIpc) is 3.21. The van der Waals surface area contributed by atoms with Crippen LogP contribution in [-0.2, 0) is 11.8 Å². The van der Waals surface area contributed by atoms with Gasteiger partial charge in [0.1, 0.15) is 23.1 Å². The lowest BCUT2D eigenvalue weighted by molar-refractivity contribution is 0.0392. The van der Waals surface area contributed by atoms with Gasteiger partial charge in [0.05, 0.1) is 30.7 Å². The van der Waals surface area contributed by atoms with Gasteiger partial charge in [0.25, 0.3) is 0 Å². The molecule has 0 saturated carbocycles. The molecule has 164 valence electrons. The molecular weight excluding hydrogens is 409 g/mol. The van der Waals surface area contributed by atoms with Crippen molar-refractivity contribution < 1.29 is 9.13 Å². The van der Waals surface area contributed by atoms with Crippen LogP contribution in [0, 0.1) is 26.6 Å². The van der Waals surface area contributed by atoms with Gasteiger partial charge in [0, 0.05) is 30.9 Å². The molecule has 1 aliphatic heterocycles. The van der Waals surface area contributed by atoms with E-state index in [0.717, 1.165) is 28.1 Å². The molecule has 0 bridgehead atoms. The predicted octanol–water partition coefficient (Wildman–Crippen LogP) is 3.46. The number of aryl methyl sites for hydroxylation is 4. The Morgan fingerprint density at radius 1 is 1.06 bits per heavy atom. The molecule has 3 aromatic heterocycles. The number of nitrogens with zero attached hydrogens (tertiary/aromatic N) is 7. The van der Waals surface area contributed by atoms with Crippen LogP contribution in [0.1, 0.15) is 28.6 Å². The molecule has 1 saturated heterocycles. The van der Waals surface area contributed by atoms with E-state index < -0.39 is 0 Å². The Labute approximate surface area is 185 Å². The van der Waals surface area contributed by atoms with Crippen LogP contribution in [0.3, 0.4) is 0 Å². The number of rotatable bonds is 3. The molecule has 1 atom stereocenters. The van der Waals surface area contributed by atoms with Crippen LogP contribution in [0.5, 0.6) is 0 Å². The zero-order valence-corrected chi connectivity index (χ0v) is 18.5. The third kappa shape index (κ3) is 3.69. The van der Waals surface area contributed by atoms with E-state index >= 15 is 0 Å². The number of hydrogen-bond donors (Lipinski definition) is 0. The zero-order chi connectivity index (χ0) is 22.4. The molecule has 4 heterocycles. The second-order valence-corrected chi connectivity index (χ2v) is 8.15. The Balaban J connectivity index is 1.62. The molecular formula is C23H24FN7O. The van der Waals surface area contributed by atoms with E-state index in [4.69, 9.17) is 19.7 Å². The van der Waals surface area contributed by atoms with Crippen LogP contribution >= 0.6 is 0 Å². The van der Waals surface area contributed by atoms with E-state index in [1.165, 1.54) is 12.1 Å². The highest BCUT2D eigenvalue weighted by Gasteiger charge is 2.26. The smallest absolute Gasteiger partial charge is 0.228 e. The molecule has 5 rings (SSSR count). The van der Waals surface area contributed by atoms with Gasteiger partial charge in [-0.25, -0.2) is 19.3 Å². The van der Waals surface area contributed by atoms with Crippen molar-refractivity contribution in [3.05, 3.63) is 58.9 Å². The number of morpholine rings is 1. The highest BCUT2D eigenvalue weighted by molar-refractivity contribution is 5.89. The minimum absolute atomic E-state index is 0.126. The molecule has 0 radical (unpaired) electrons. The number of hydrogen-bond acceptors (Lipinski definition) is 7. The lowest BCUT2D eigenvalue weighted by Crippen LogP contribution is -2.39. The molecule has 1 aromatic carbocycles. The summed E-state index contributed by atoms with van der Waals surface area (Å²) in [4.78, 5) is 21.2. The summed E-state index contributed by atoms with van der Waals surface area (Å²) < 4.78 is 21.5. The third-order valence-corrected chi connectivity index (χ3v) is 5.82. The summed E-state index contributed by atoms with van der Waals surface area (Å²) in [7, 11) is 1.89. The second kappa shape index (κ2) is 7.90. The number of anilines is 1. The maximum Gasteiger partial charge on any atom is 0.228 e. The van der Waals surface area contributed by atoms with Crippen LogP contribution in [-0.4, -0.2) is 49.4 Å².